The molecule has 1 atom stereocenters. The van der Waals surface area contributed by atoms with Crippen LogP contribution in [0.1, 0.15) is 38.8 Å². The van der Waals surface area contributed by atoms with E-state index in [1.54, 1.807) is 18.7 Å². The summed E-state index contributed by atoms with van der Waals surface area (Å²) < 4.78 is 33.6. The lowest BCUT2D eigenvalue weighted by molar-refractivity contribution is -0.139. The van der Waals surface area contributed by atoms with E-state index in [0.717, 1.165) is 18.6 Å². The van der Waals surface area contributed by atoms with Crippen LogP contribution in [0, 0.1) is 11.6 Å². The molecule has 1 aromatic rings. The molecule has 1 heterocycles. The number of ether oxygens (including phenoxy) is 1. The first kappa shape index (κ1) is 18.3. The molecule has 1 aliphatic rings. The summed E-state index contributed by atoms with van der Waals surface area (Å²) in [6.45, 7) is 6.12. The molecule has 4 nitrogen and oxygen atoms in total. The van der Waals surface area contributed by atoms with Crippen molar-refractivity contribution >= 4 is 23.3 Å². The van der Waals surface area contributed by atoms with Crippen molar-refractivity contribution in [3.8, 4) is 0 Å². The molecule has 0 amide bonds. The number of nitrogens with one attached hydrogen (secondary N) is 1. The molecule has 2 rings (SSSR count). The lowest BCUT2D eigenvalue weighted by atomic mass is 9.94. The van der Waals surface area contributed by atoms with Crippen LogP contribution >= 0.6 is 12.2 Å². The maximum absolute atomic E-state index is 14.2. The van der Waals surface area contributed by atoms with Crippen molar-refractivity contribution in [2.45, 2.75) is 33.2 Å². The van der Waals surface area contributed by atoms with Gasteiger partial charge in [0.15, 0.2) is 5.11 Å². The smallest absolute Gasteiger partial charge is 0.338 e. The highest BCUT2D eigenvalue weighted by atomic mass is 32.1. The largest absolute Gasteiger partial charge is 0.463 e. The topological polar surface area (TPSA) is 41.6 Å². The van der Waals surface area contributed by atoms with E-state index in [1.165, 1.54) is 6.07 Å². The summed E-state index contributed by atoms with van der Waals surface area (Å²) in [5.74, 6) is -2.10. The van der Waals surface area contributed by atoms with Gasteiger partial charge in [0.1, 0.15) is 11.6 Å². The number of carbonyl (C=O) groups excluding carboxylic acids is 1. The molecule has 0 radical (unpaired) electrons. The van der Waals surface area contributed by atoms with Gasteiger partial charge in [-0.25, -0.2) is 13.6 Å². The van der Waals surface area contributed by atoms with Gasteiger partial charge >= 0.3 is 5.97 Å². The molecule has 0 bridgehead atoms. The summed E-state index contributed by atoms with van der Waals surface area (Å²) in [4.78, 5) is 14.2. The zero-order chi connectivity index (χ0) is 17.9. The summed E-state index contributed by atoms with van der Waals surface area (Å²) in [5, 5.41) is 3.22. The van der Waals surface area contributed by atoms with Crippen LogP contribution in [0.15, 0.2) is 29.5 Å². The zero-order valence-electron chi connectivity index (χ0n) is 13.9. The lowest BCUT2D eigenvalue weighted by Gasteiger charge is -2.37. The van der Waals surface area contributed by atoms with Gasteiger partial charge in [0.05, 0.1) is 23.8 Å². The third-order valence-electron chi connectivity index (χ3n) is 3.83. The molecular weight excluding hydrogens is 334 g/mol. The van der Waals surface area contributed by atoms with Gasteiger partial charge in [0.25, 0.3) is 0 Å². The van der Waals surface area contributed by atoms with E-state index < -0.39 is 23.6 Å². The number of benzene rings is 1. The number of hydrogen-bond acceptors (Lipinski definition) is 3. The first-order valence-electron chi connectivity index (χ1n) is 7.82. The molecule has 1 aliphatic heterocycles. The lowest BCUT2D eigenvalue weighted by Crippen LogP contribution is -2.48. The van der Waals surface area contributed by atoms with Gasteiger partial charge in [-0.3, -0.25) is 0 Å². The highest BCUT2D eigenvalue weighted by Crippen LogP contribution is 2.34. The Hall–Kier alpha value is -2.02. The molecule has 1 N–H and O–H groups in total. The van der Waals surface area contributed by atoms with E-state index in [0.29, 0.717) is 17.4 Å². The number of hydrogen-bond donors (Lipinski definition) is 1. The average Bonchev–Trinajstić information content (AvgIpc) is 2.51. The molecule has 7 heteroatoms. The first-order chi connectivity index (χ1) is 11.4. The van der Waals surface area contributed by atoms with Gasteiger partial charge in [-0.1, -0.05) is 13.0 Å². The number of halogens is 2. The zero-order valence-corrected chi connectivity index (χ0v) is 14.7. The number of carbonyl (C=O) groups is 1. The SMILES string of the molecule is CCCN1C(=S)NC(c2c(F)cccc2F)C(C(=O)OCC)=C1C. The molecule has 1 unspecified atom stereocenters. The maximum Gasteiger partial charge on any atom is 0.338 e. The Bertz CT molecular complexity index is 671. The molecule has 0 saturated heterocycles. The number of allylic oxidation sites excluding steroid dienone is 1. The number of thiocarbonyl (C=S) groups is 1. The van der Waals surface area contributed by atoms with E-state index in [9.17, 15) is 13.6 Å². The minimum Gasteiger partial charge on any atom is -0.463 e. The van der Waals surface area contributed by atoms with Crippen molar-refractivity contribution in [2.75, 3.05) is 13.2 Å². The Balaban J connectivity index is 2.61. The van der Waals surface area contributed by atoms with Crippen LogP contribution < -0.4 is 5.32 Å². The summed E-state index contributed by atoms with van der Waals surface area (Å²) in [6.07, 6.45) is 0.800. The number of esters is 1. The standard InChI is InChI=1S/C17H20F2N2O2S/c1-4-9-21-10(3)13(16(22)23-5-2)15(20-17(21)24)14-11(18)7-6-8-12(14)19/h6-8,15H,4-5,9H2,1-3H3,(H,20,24). The fraction of sp³-hybridized carbons (Fsp3) is 0.412. The van der Waals surface area contributed by atoms with Crippen molar-refractivity contribution in [1.29, 1.82) is 0 Å². The monoisotopic (exact) mass is 354 g/mol. The quantitative estimate of drug-likeness (QED) is 0.648. The average molecular weight is 354 g/mol. The Kier molecular flexibility index (Phi) is 5.88. The van der Waals surface area contributed by atoms with Crippen LogP contribution in [0.3, 0.4) is 0 Å². The second-order valence-electron chi connectivity index (χ2n) is 5.39. The third kappa shape index (κ3) is 3.40. The van der Waals surface area contributed by atoms with Crippen LogP contribution in [0.4, 0.5) is 8.78 Å². The molecule has 0 spiro atoms. The molecule has 0 aliphatic carbocycles. The van der Waals surface area contributed by atoms with Crippen LogP contribution in [0.25, 0.3) is 0 Å². The highest BCUT2D eigenvalue weighted by Gasteiger charge is 2.37. The van der Waals surface area contributed by atoms with Gasteiger partial charge in [0.2, 0.25) is 0 Å². The van der Waals surface area contributed by atoms with Crippen molar-refractivity contribution < 1.29 is 18.3 Å². The van der Waals surface area contributed by atoms with Gasteiger partial charge in [-0.2, -0.15) is 0 Å². The van der Waals surface area contributed by atoms with Crippen molar-refractivity contribution in [3.63, 3.8) is 0 Å². The Labute approximate surface area is 145 Å². The Morgan fingerprint density at radius 2 is 1.96 bits per heavy atom. The van der Waals surface area contributed by atoms with Gasteiger partial charge in [0, 0.05) is 12.2 Å². The van der Waals surface area contributed by atoms with Gasteiger partial charge < -0.3 is 15.0 Å². The van der Waals surface area contributed by atoms with E-state index >= 15 is 0 Å². The second-order valence-corrected chi connectivity index (χ2v) is 5.78. The highest BCUT2D eigenvalue weighted by molar-refractivity contribution is 7.80. The Morgan fingerprint density at radius 1 is 1.33 bits per heavy atom. The number of rotatable bonds is 5. The molecule has 130 valence electrons. The van der Waals surface area contributed by atoms with E-state index in [-0.39, 0.29) is 17.7 Å². The summed E-state index contributed by atoms with van der Waals surface area (Å²) in [6, 6.07) is 2.56. The molecule has 0 saturated carbocycles. The molecular formula is C17H20F2N2O2S. The van der Waals surface area contributed by atoms with Crippen LogP contribution in [-0.4, -0.2) is 29.1 Å². The van der Waals surface area contributed by atoms with Crippen molar-refractivity contribution in [2.24, 2.45) is 0 Å². The first-order valence-corrected chi connectivity index (χ1v) is 8.22. The molecule has 0 aromatic heterocycles. The Morgan fingerprint density at radius 3 is 2.50 bits per heavy atom. The van der Waals surface area contributed by atoms with Crippen LogP contribution in [0.5, 0.6) is 0 Å². The van der Waals surface area contributed by atoms with Crippen molar-refractivity contribution in [1.82, 2.24) is 10.2 Å². The second kappa shape index (κ2) is 7.70. The molecule has 0 fully saturated rings. The minimum atomic E-state index is -1.02. The summed E-state index contributed by atoms with van der Waals surface area (Å²) >= 11 is 5.32. The van der Waals surface area contributed by atoms with Crippen molar-refractivity contribution in [3.05, 3.63) is 46.7 Å². The van der Waals surface area contributed by atoms with Crippen LogP contribution in [-0.2, 0) is 9.53 Å². The maximum atomic E-state index is 14.2. The minimum absolute atomic E-state index is 0.167. The predicted octanol–water partition coefficient (Wildman–Crippen LogP) is 3.44. The summed E-state index contributed by atoms with van der Waals surface area (Å²) in [5.41, 5.74) is 0.480. The van der Waals surface area contributed by atoms with E-state index in [1.807, 2.05) is 6.92 Å². The third-order valence-corrected chi connectivity index (χ3v) is 4.17. The van der Waals surface area contributed by atoms with E-state index in [2.05, 4.69) is 5.32 Å². The fourth-order valence-electron chi connectivity index (χ4n) is 2.75. The fourth-order valence-corrected chi connectivity index (χ4v) is 3.10. The van der Waals surface area contributed by atoms with E-state index in [4.69, 9.17) is 17.0 Å². The van der Waals surface area contributed by atoms with Crippen LogP contribution in [0.2, 0.25) is 0 Å². The predicted molar refractivity (Wildman–Crippen MR) is 91.2 cm³/mol. The van der Waals surface area contributed by atoms with Gasteiger partial charge in [-0.05, 0) is 44.6 Å². The normalized spacial score (nSPS) is 17.8. The molecule has 1 aromatic carbocycles. The molecule has 24 heavy (non-hydrogen) atoms. The summed E-state index contributed by atoms with van der Waals surface area (Å²) in [7, 11) is 0. The number of nitrogens with zero attached hydrogens (tertiary/aromatic N) is 1. The van der Waals surface area contributed by atoms with Gasteiger partial charge in [-0.15, -0.1) is 0 Å².